The fourth-order valence-electron chi connectivity index (χ4n) is 2.76. The number of amides is 1. The van der Waals surface area contributed by atoms with Gasteiger partial charge < -0.3 is 14.7 Å². The Kier molecular flexibility index (Phi) is 4.38. The summed E-state index contributed by atoms with van der Waals surface area (Å²) in [4.78, 5) is 25.3. The summed E-state index contributed by atoms with van der Waals surface area (Å²) in [6, 6.07) is 2.60. The van der Waals surface area contributed by atoms with Crippen LogP contribution in [0.15, 0.2) is 6.07 Å². The Morgan fingerprint density at radius 2 is 1.91 bits per heavy atom. The van der Waals surface area contributed by atoms with Crippen molar-refractivity contribution in [3.63, 3.8) is 0 Å². The fourth-order valence-corrected chi connectivity index (χ4v) is 4.86. The summed E-state index contributed by atoms with van der Waals surface area (Å²) in [5.74, 6) is 0.166. The van der Waals surface area contributed by atoms with Gasteiger partial charge in [0.1, 0.15) is 4.83 Å². The second-order valence-corrected chi connectivity index (χ2v) is 8.20. The Labute approximate surface area is 139 Å². The summed E-state index contributed by atoms with van der Waals surface area (Å²) in [6.07, 6.45) is 2.11. The topological polar surface area (TPSA) is 39.7 Å². The molecular formula is C15H22N4OS2. The van der Waals surface area contributed by atoms with Crippen LogP contribution in [0, 0.1) is 0 Å². The molecule has 3 rings (SSSR count). The van der Waals surface area contributed by atoms with Crippen LogP contribution in [0.3, 0.4) is 0 Å². The number of piperidine rings is 1. The van der Waals surface area contributed by atoms with Gasteiger partial charge in [-0.1, -0.05) is 11.3 Å². The zero-order valence-corrected chi connectivity index (χ0v) is 15.1. The number of anilines is 1. The van der Waals surface area contributed by atoms with E-state index in [9.17, 15) is 4.79 Å². The number of aromatic nitrogens is 1. The van der Waals surface area contributed by atoms with Crippen molar-refractivity contribution in [1.82, 2.24) is 14.8 Å². The third-order valence-corrected chi connectivity index (χ3v) is 6.47. The molecule has 1 saturated heterocycles. The highest BCUT2D eigenvalue weighted by atomic mass is 32.1. The van der Waals surface area contributed by atoms with Crippen LogP contribution in [-0.4, -0.2) is 68.0 Å². The van der Waals surface area contributed by atoms with Crippen LogP contribution in [-0.2, 0) is 0 Å². The van der Waals surface area contributed by atoms with Crippen LogP contribution < -0.4 is 4.90 Å². The molecule has 1 aliphatic heterocycles. The van der Waals surface area contributed by atoms with Gasteiger partial charge in [-0.3, -0.25) is 4.79 Å². The lowest BCUT2D eigenvalue weighted by Gasteiger charge is -2.35. The highest BCUT2D eigenvalue weighted by Crippen LogP contribution is 2.34. The van der Waals surface area contributed by atoms with Crippen molar-refractivity contribution < 1.29 is 4.79 Å². The molecule has 0 spiro atoms. The minimum Gasteiger partial charge on any atom is -0.354 e. The van der Waals surface area contributed by atoms with Crippen LogP contribution in [0.2, 0.25) is 0 Å². The number of thiophene rings is 1. The van der Waals surface area contributed by atoms with E-state index in [-0.39, 0.29) is 5.91 Å². The normalized spacial score (nSPS) is 16.7. The summed E-state index contributed by atoms with van der Waals surface area (Å²) in [5, 5.41) is 0.993. The van der Waals surface area contributed by atoms with Gasteiger partial charge in [0.25, 0.3) is 5.91 Å². The third kappa shape index (κ3) is 2.98. The molecule has 120 valence electrons. The first-order valence-corrected chi connectivity index (χ1v) is 9.12. The number of likely N-dealkylation sites (tertiary alicyclic amines) is 1. The first-order valence-electron chi connectivity index (χ1n) is 7.49. The molecule has 0 saturated carbocycles. The SMILES string of the molecule is CN(C)c1nc2sc(C(=O)N3CCC(N(C)C)CC3)cc2s1. The minimum absolute atomic E-state index is 0.166. The molecule has 0 radical (unpaired) electrons. The van der Waals surface area contributed by atoms with Gasteiger partial charge >= 0.3 is 0 Å². The van der Waals surface area contributed by atoms with E-state index in [0.29, 0.717) is 6.04 Å². The quantitative estimate of drug-likeness (QED) is 0.862. The van der Waals surface area contributed by atoms with E-state index in [0.717, 1.165) is 45.5 Å². The molecule has 0 aliphatic carbocycles. The van der Waals surface area contributed by atoms with Crippen molar-refractivity contribution in [2.75, 3.05) is 46.2 Å². The zero-order valence-electron chi connectivity index (χ0n) is 13.5. The lowest BCUT2D eigenvalue weighted by Crippen LogP contribution is -2.44. The highest BCUT2D eigenvalue weighted by molar-refractivity contribution is 7.29. The van der Waals surface area contributed by atoms with Crippen molar-refractivity contribution >= 4 is 43.2 Å². The number of hydrogen-bond donors (Lipinski definition) is 0. The second-order valence-electron chi connectivity index (χ2n) is 6.16. The van der Waals surface area contributed by atoms with E-state index in [1.165, 1.54) is 11.3 Å². The van der Waals surface area contributed by atoms with Gasteiger partial charge in [-0.15, -0.1) is 11.3 Å². The van der Waals surface area contributed by atoms with Gasteiger partial charge in [-0.25, -0.2) is 4.98 Å². The molecule has 2 aromatic heterocycles. The summed E-state index contributed by atoms with van der Waals surface area (Å²) in [5.41, 5.74) is 0. The monoisotopic (exact) mass is 338 g/mol. The number of fused-ring (bicyclic) bond motifs is 1. The van der Waals surface area contributed by atoms with Crippen molar-refractivity contribution in [1.29, 1.82) is 0 Å². The molecule has 1 amide bonds. The lowest BCUT2D eigenvalue weighted by molar-refractivity contribution is 0.0668. The van der Waals surface area contributed by atoms with Crippen molar-refractivity contribution in [2.45, 2.75) is 18.9 Å². The van der Waals surface area contributed by atoms with Crippen LogP contribution >= 0.6 is 22.7 Å². The Morgan fingerprint density at radius 1 is 1.23 bits per heavy atom. The molecule has 0 bridgehead atoms. The standard InChI is InChI=1S/C15H22N4OS2/c1-17(2)10-5-7-19(8-6-10)14(20)12-9-11-13(21-12)16-15(22-11)18(3)4/h9-10H,5-8H2,1-4H3. The first-order chi connectivity index (χ1) is 10.5. The lowest BCUT2D eigenvalue weighted by atomic mass is 10.0. The number of hydrogen-bond acceptors (Lipinski definition) is 6. The molecule has 0 atom stereocenters. The molecule has 2 aromatic rings. The zero-order chi connectivity index (χ0) is 15.9. The van der Waals surface area contributed by atoms with E-state index < -0.39 is 0 Å². The highest BCUT2D eigenvalue weighted by Gasteiger charge is 2.26. The van der Waals surface area contributed by atoms with Crippen molar-refractivity contribution in [2.24, 2.45) is 0 Å². The number of carbonyl (C=O) groups excluding carboxylic acids is 1. The van der Waals surface area contributed by atoms with Crippen molar-refractivity contribution in [3.8, 4) is 0 Å². The van der Waals surface area contributed by atoms with Crippen LogP contribution in [0.25, 0.3) is 9.53 Å². The molecule has 5 nitrogen and oxygen atoms in total. The third-order valence-electron chi connectivity index (χ3n) is 4.15. The Balaban J connectivity index is 1.71. The van der Waals surface area contributed by atoms with Gasteiger partial charge in [-0.05, 0) is 33.0 Å². The van der Waals surface area contributed by atoms with Crippen LogP contribution in [0.1, 0.15) is 22.5 Å². The average Bonchev–Trinajstić information content (AvgIpc) is 3.05. The van der Waals surface area contributed by atoms with E-state index in [1.54, 1.807) is 11.3 Å². The smallest absolute Gasteiger partial charge is 0.264 e. The van der Waals surface area contributed by atoms with Gasteiger partial charge in [-0.2, -0.15) is 0 Å². The molecule has 0 N–H and O–H groups in total. The van der Waals surface area contributed by atoms with Crippen molar-refractivity contribution in [3.05, 3.63) is 10.9 Å². The summed E-state index contributed by atoms with van der Waals surface area (Å²) >= 11 is 3.16. The number of thiazole rings is 1. The molecule has 1 aliphatic rings. The fraction of sp³-hybridized carbons (Fsp3) is 0.600. The number of rotatable bonds is 3. The van der Waals surface area contributed by atoms with E-state index in [2.05, 4.69) is 24.0 Å². The predicted molar refractivity (Wildman–Crippen MR) is 94.4 cm³/mol. The maximum absolute atomic E-state index is 12.7. The Morgan fingerprint density at radius 3 is 2.45 bits per heavy atom. The maximum atomic E-state index is 12.7. The van der Waals surface area contributed by atoms with Crippen LogP contribution in [0.4, 0.5) is 5.13 Å². The van der Waals surface area contributed by atoms with E-state index in [4.69, 9.17) is 0 Å². The predicted octanol–water partition coefficient (Wildman–Crippen LogP) is 2.59. The van der Waals surface area contributed by atoms with Gasteiger partial charge in [0.05, 0.1) is 9.58 Å². The van der Waals surface area contributed by atoms with E-state index >= 15 is 0 Å². The molecular weight excluding hydrogens is 316 g/mol. The minimum atomic E-state index is 0.166. The maximum Gasteiger partial charge on any atom is 0.264 e. The van der Waals surface area contributed by atoms with Crippen LogP contribution in [0.5, 0.6) is 0 Å². The van der Waals surface area contributed by atoms with E-state index in [1.807, 2.05) is 30.0 Å². The van der Waals surface area contributed by atoms with Gasteiger partial charge in [0.2, 0.25) is 0 Å². The molecule has 1 fully saturated rings. The largest absolute Gasteiger partial charge is 0.354 e. The summed E-state index contributed by atoms with van der Waals surface area (Å²) in [7, 11) is 8.21. The Hall–Kier alpha value is -1.18. The average molecular weight is 339 g/mol. The van der Waals surface area contributed by atoms with Gasteiger partial charge in [0, 0.05) is 33.2 Å². The molecule has 0 unspecified atom stereocenters. The van der Waals surface area contributed by atoms with Gasteiger partial charge in [0.15, 0.2) is 5.13 Å². The summed E-state index contributed by atoms with van der Waals surface area (Å²) < 4.78 is 1.11. The second kappa shape index (κ2) is 6.14. The molecule has 22 heavy (non-hydrogen) atoms. The molecule has 0 aromatic carbocycles. The number of nitrogens with zero attached hydrogens (tertiary/aromatic N) is 4. The Bertz CT molecular complexity index is 637. The number of carbonyl (C=O) groups is 1. The summed E-state index contributed by atoms with van der Waals surface area (Å²) in [6.45, 7) is 1.70. The molecule has 7 heteroatoms. The molecule has 3 heterocycles. The first kappa shape index (κ1) is 15.7.